The molecule has 0 aromatic heterocycles. The van der Waals surface area contributed by atoms with Crippen LogP contribution in [0.25, 0.3) is 0 Å². The highest BCUT2D eigenvalue weighted by molar-refractivity contribution is 6.08. The van der Waals surface area contributed by atoms with Crippen LogP contribution in [0, 0.1) is 11.7 Å². The number of hydrogen-bond acceptors (Lipinski definition) is 4. The number of nitrogens with zero attached hydrogens (tertiary/aromatic N) is 2. The molecule has 0 unspecified atom stereocenters. The molecule has 1 aromatic rings. The Balaban J connectivity index is 1.84. The summed E-state index contributed by atoms with van der Waals surface area (Å²) in [5.74, 6) is -1.00. The van der Waals surface area contributed by atoms with Gasteiger partial charge in [0.2, 0.25) is 0 Å². The van der Waals surface area contributed by atoms with Crippen LogP contribution in [0.4, 0.5) is 10.1 Å². The number of anilines is 1. The lowest BCUT2D eigenvalue weighted by Gasteiger charge is -2.33. The molecule has 0 aliphatic carbocycles. The van der Waals surface area contributed by atoms with Crippen molar-refractivity contribution in [2.45, 2.75) is 37.8 Å². The van der Waals surface area contributed by atoms with E-state index >= 15 is 0 Å². The van der Waals surface area contributed by atoms with E-state index in [1.165, 1.54) is 12.1 Å². The zero-order valence-corrected chi connectivity index (χ0v) is 13.9. The molecule has 128 valence electrons. The van der Waals surface area contributed by atoms with Gasteiger partial charge in [-0.1, -0.05) is 0 Å². The SMILES string of the molecule is CCOC(=O)[C@@H]1C[C@@]2(C(=O)N(C)c3ccc(F)cc32)N2CCC[C@@H]12. The summed E-state index contributed by atoms with van der Waals surface area (Å²) >= 11 is 0. The van der Waals surface area contributed by atoms with Crippen molar-refractivity contribution in [3.63, 3.8) is 0 Å². The molecule has 2 fully saturated rings. The highest BCUT2D eigenvalue weighted by Crippen LogP contribution is 2.55. The molecule has 0 saturated carbocycles. The van der Waals surface area contributed by atoms with E-state index < -0.39 is 5.54 Å². The van der Waals surface area contributed by atoms with Gasteiger partial charge in [0.1, 0.15) is 11.4 Å². The van der Waals surface area contributed by atoms with Gasteiger partial charge in [-0.05, 0) is 50.9 Å². The smallest absolute Gasteiger partial charge is 0.310 e. The molecule has 1 aromatic carbocycles. The van der Waals surface area contributed by atoms with Crippen LogP contribution in [0.5, 0.6) is 0 Å². The van der Waals surface area contributed by atoms with Crippen molar-refractivity contribution >= 4 is 17.6 Å². The van der Waals surface area contributed by atoms with Crippen LogP contribution in [0.2, 0.25) is 0 Å². The Morgan fingerprint density at radius 2 is 2.25 bits per heavy atom. The molecule has 0 N–H and O–H groups in total. The van der Waals surface area contributed by atoms with Crippen LogP contribution in [-0.2, 0) is 19.9 Å². The van der Waals surface area contributed by atoms with Gasteiger partial charge >= 0.3 is 5.97 Å². The van der Waals surface area contributed by atoms with Crippen LogP contribution in [0.15, 0.2) is 18.2 Å². The van der Waals surface area contributed by atoms with E-state index in [4.69, 9.17) is 4.74 Å². The van der Waals surface area contributed by atoms with Crippen LogP contribution >= 0.6 is 0 Å². The second-order valence-electron chi connectivity index (χ2n) is 6.85. The standard InChI is InChI=1S/C18H21FN2O3/c1-3-24-16(22)12-10-18(21-8-4-5-14(12)21)13-9-11(19)6-7-15(13)20(2)17(18)23/h6-7,9,12,14H,3-5,8,10H2,1-2H3/t12-,14+,18-/m1/s1. The van der Waals surface area contributed by atoms with Crippen molar-refractivity contribution < 1.29 is 18.7 Å². The Hall–Kier alpha value is -1.95. The monoisotopic (exact) mass is 332 g/mol. The third kappa shape index (κ3) is 1.83. The third-order valence-corrected chi connectivity index (χ3v) is 5.78. The molecule has 3 heterocycles. The minimum absolute atomic E-state index is 0.00406. The Kier molecular flexibility index (Phi) is 3.42. The Bertz CT molecular complexity index is 722. The molecule has 6 heteroatoms. The van der Waals surface area contributed by atoms with E-state index in [9.17, 15) is 14.0 Å². The first kappa shape index (κ1) is 15.6. The number of fused-ring (bicyclic) bond motifs is 4. The number of esters is 1. The molecule has 3 atom stereocenters. The van der Waals surface area contributed by atoms with E-state index in [2.05, 4.69) is 4.90 Å². The van der Waals surface area contributed by atoms with Crippen LogP contribution < -0.4 is 4.90 Å². The summed E-state index contributed by atoms with van der Waals surface area (Å²) in [6.07, 6.45) is 2.17. The number of ether oxygens (including phenoxy) is 1. The number of halogens is 1. The van der Waals surface area contributed by atoms with Gasteiger partial charge in [0.25, 0.3) is 5.91 Å². The average molecular weight is 332 g/mol. The molecule has 3 aliphatic heterocycles. The largest absolute Gasteiger partial charge is 0.466 e. The fourth-order valence-corrected chi connectivity index (χ4v) is 4.85. The predicted octanol–water partition coefficient (Wildman–Crippen LogP) is 2.04. The number of carbonyl (C=O) groups excluding carboxylic acids is 2. The summed E-state index contributed by atoms with van der Waals surface area (Å²) in [4.78, 5) is 29.3. The fourth-order valence-electron chi connectivity index (χ4n) is 4.85. The molecular formula is C18H21FN2O3. The van der Waals surface area contributed by atoms with Gasteiger partial charge in [0.05, 0.1) is 12.5 Å². The van der Waals surface area contributed by atoms with E-state index in [0.717, 1.165) is 25.1 Å². The Labute approximate surface area is 140 Å². The molecule has 0 radical (unpaired) electrons. The summed E-state index contributed by atoms with van der Waals surface area (Å²) in [5, 5.41) is 0. The van der Waals surface area contributed by atoms with Crippen molar-refractivity contribution in [2.24, 2.45) is 5.92 Å². The summed E-state index contributed by atoms with van der Waals surface area (Å²) in [5.41, 5.74) is 0.496. The maximum atomic E-state index is 13.9. The Morgan fingerprint density at radius 1 is 1.46 bits per heavy atom. The minimum Gasteiger partial charge on any atom is -0.466 e. The van der Waals surface area contributed by atoms with Gasteiger partial charge < -0.3 is 9.64 Å². The van der Waals surface area contributed by atoms with E-state index in [1.54, 1.807) is 24.9 Å². The van der Waals surface area contributed by atoms with E-state index in [1.807, 2.05) is 0 Å². The molecule has 0 bridgehead atoms. The maximum Gasteiger partial charge on any atom is 0.310 e. The Morgan fingerprint density at radius 3 is 3.00 bits per heavy atom. The first-order valence-corrected chi connectivity index (χ1v) is 8.52. The molecule has 1 amide bonds. The maximum absolute atomic E-state index is 13.9. The van der Waals surface area contributed by atoms with Crippen LogP contribution in [-0.4, -0.2) is 43.0 Å². The molecule has 5 nitrogen and oxygen atoms in total. The number of hydrogen-bond donors (Lipinski definition) is 0. The van der Waals surface area contributed by atoms with Gasteiger partial charge in [-0.3, -0.25) is 14.5 Å². The summed E-state index contributed by atoms with van der Waals surface area (Å²) in [6, 6.07) is 4.48. The van der Waals surface area contributed by atoms with Gasteiger partial charge in [-0.2, -0.15) is 0 Å². The summed E-state index contributed by atoms with van der Waals surface area (Å²) in [6.45, 7) is 2.86. The normalized spacial score (nSPS) is 31.6. The molecule has 3 aliphatic rings. The predicted molar refractivity (Wildman–Crippen MR) is 86.0 cm³/mol. The summed E-state index contributed by atoms with van der Waals surface area (Å²) < 4.78 is 19.2. The lowest BCUT2D eigenvalue weighted by molar-refractivity contribution is -0.148. The van der Waals surface area contributed by atoms with Gasteiger partial charge in [-0.15, -0.1) is 0 Å². The molecular weight excluding hydrogens is 311 g/mol. The van der Waals surface area contributed by atoms with E-state index in [0.29, 0.717) is 18.6 Å². The summed E-state index contributed by atoms with van der Waals surface area (Å²) in [7, 11) is 1.72. The van der Waals surface area contributed by atoms with Crippen molar-refractivity contribution in [1.29, 1.82) is 0 Å². The zero-order valence-electron chi connectivity index (χ0n) is 13.9. The molecule has 4 rings (SSSR count). The highest BCUT2D eigenvalue weighted by atomic mass is 19.1. The third-order valence-electron chi connectivity index (χ3n) is 5.78. The zero-order chi connectivity index (χ0) is 17.1. The number of amides is 1. The van der Waals surface area contributed by atoms with Gasteiger partial charge in [0.15, 0.2) is 0 Å². The van der Waals surface area contributed by atoms with Gasteiger partial charge in [0, 0.05) is 24.3 Å². The molecule has 2 saturated heterocycles. The number of rotatable bonds is 2. The van der Waals surface area contributed by atoms with Crippen molar-refractivity contribution in [2.75, 3.05) is 25.1 Å². The average Bonchev–Trinajstić information content (AvgIpc) is 3.19. The molecule has 1 spiro atoms. The van der Waals surface area contributed by atoms with Crippen molar-refractivity contribution in [1.82, 2.24) is 4.90 Å². The highest BCUT2D eigenvalue weighted by Gasteiger charge is 2.64. The van der Waals surface area contributed by atoms with Crippen LogP contribution in [0.1, 0.15) is 31.7 Å². The number of carbonyl (C=O) groups is 2. The van der Waals surface area contributed by atoms with Crippen molar-refractivity contribution in [3.8, 4) is 0 Å². The molecule has 24 heavy (non-hydrogen) atoms. The topological polar surface area (TPSA) is 49.9 Å². The second-order valence-corrected chi connectivity index (χ2v) is 6.85. The van der Waals surface area contributed by atoms with E-state index in [-0.39, 0.29) is 29.7 Å². The van der Waals surface area contributed by atoms with Crippen LogP contribution in [0.3, 0.4) is 0 Å². The quantitative estimate of drug-likeness (QED) is 0.778. The van der Waals surface area contributed by atoms with Gasteiger partial charge in [-0.25, -0.2) is 4.39 Å². The first-order chi connectivity index (χ1) is 11.5. The second kappa shape index (κ2) is 5.28. The minimum atomic E-state index is -0.926. The lowest BCUT2D eigenvalue weighted by Crippen LogP contribution is -2.49. The number of benzene rings is 1. The number of likely N-dealkylation sites (N-methyl/N-ethyl adjacent to an activating group) is 1. The first-order valence-electron chi connectivity index (χ1n) is 8.52. The fraction of sp³-hybridized carbons (Fsp3) is 0.556. The lowest BCUT2D eigenvalue weighted by atomic mass is 9.84. The van der Waals surface area contributed by atoms with Crippen molar-refractivity contribution in [3.05, 3.63) is 29.6 Å².